The van der Waals surface area contributed by atoms with E-state index in [0.717, 1.165) is 38.6 Å². The molecule has 0 aromatic heterocycles. The number of carbonyl (C=O) groups is 1. The predicted molar refractivity (Wildman–Crippen MR) is 61.7 cm³/mol. The van der Waals surface area contributed by atoms with Gasteiger partial charge in [0.05, 0.1) is 6.10 Å². The molecular weight excluding hydrogens is 204 g/mol. The maximum atomic E-state index is 12.1. The lowest BCUT2D eigenvalue weighted by Gasteiger charge is -2.35. The summed E-state index contributed by atoms with van der Waals surface area (Å²) in [4.78, 5) is 13.9. The van der Waals surface area contributed by atoms with E-state index >= 15 is 0 Å². The third-order valence-corrected chi connectivity index (χ3v) is 3.94. The summed E-state index contributed by atoms with van der Waals surface area (Å²) in [6, 6.07) is 0.216. The minimum Gasteiger partial charge on any atom is -0.393 e. The molecule has 0 aliphatic heterocycles. The average molecular weight is 226 g/mol. The van der Waals surface area contributed by atoms with Gasteiger partial charge < -0.3 is 15.7 Å². The first-order valence-electron chi connectivity index (χ1n) is 6.25. The topological polar surface area (TPSA) is 66.6 Å². The summed E-state index contributed by atoms with van der Waals surface area (Å²) >= 11 is 0. The molecule has 3 N–H and O–H groups in total. The number of hydrogen-bond donors (Lipinski definition) is 2. The number of amides is 1. The molecule has 0 aromatic rings. The van der Waals surface area contributed by atoms with Crippen LogP contribution in [0.25, 0.3) is 0 Å². The van der Waals surface area contributed by atoms with Gasteiger partial charge in [0.25, 0.3) is 0 Å². The van der Waals surface area contributed by atoms with Crippen LogP contribution < -0.4 is 5.73 Å². The Balaban J connectivity index is 1.76. The number of rotatable bonds is 3. The van der Waals surface area contributed by atoms with Crippen molar-refractivity contribution in [3.05, 3.63) is 0 Å². The fourth-order valence-electron chi connectivity index (χ4n) is 2.88. The number of aliphatic hydroxyl groups excluding tert-OH is 1. The lowest BCUT2D eigenvalue weighted by Crippen LogP contribution is -2.41. The highest BCUT2D eigenvalue weighted by molar-refractivity contribution is 5.79. The van der Waals surface area contributed by atoms with Gasteiger partial charge in [-0.3, -0.25) is 4.79 Å². The summed E-state index contributed by atoms with van der Waals surface area (Å²) in [7, 11) is 1.87. The van der Waals surface area contributed by atoms with E-state index in [2.05, 4.69) is 0 Å². The van der Waals surface area contributed by atoms with Gasteiger partial charge in [0.2, 0.25) is 5.91 Å². The Morgan fingerprint density at radius 3 is 2.56 bits per heavy atom. The molecule has 4 heteroatoms. The van der Waals surface area contributed by atoms with Crippen molar-refractivity contribution in [1.82, 2.24) is 4.90 Å². The zero-order valence-electron chi connectivity index (χ0n) is 9.93. The standard InChI is InChI=1S/C12H22N2O2/c1-14(7-8-4-11(15)5-8)12(16)9-2-3-10(13)6-9/h8-11,15H,2-7,13H2,1H3. The van der Waals surface area contributed by atoms with Gasteiger partial charge in [-0.05, 0) is 38.0 Å². The van der Waals surface area contributed by atoms with Crippen molar-refractivity contribution in [2.75, 3.05) is 13.6 Å². The monoisotopic (exact) mass is 226 g/mol. The lowest BCUT2D eigenvalue weighted by atomic mass is 9.82. The summed E-state index contributed by atoms with van der Waals surface area (Å²) in [5.41, 5.74) is 5.82. The fourth-order valence-corrected chi connectivity index (χ4v) is 2.88. The smallest absolute Gasteiger partial charge is 0.225 e. The number of aliphatic hydroxyl groups is 1. The quantitative estimate of drug-likeness (QED) is 0.729. The molecule has 0 heterocycles. The molecule has 0 saturated heterocycles. The molecular formula is C12H22N2O2. The molecule has 2 aliphatic carbocycles. The fraction of sp³-hybridized carbons (Fsp3) is 0.917. The number of nitrogens with zero attached hydrogens (tertiary/aromatic N) is 1. The van der Waals surface area contributed by atoms with Crippen LogP contribution in [0.5, 0.6) is 0 Å². The normalized spacial score (nSPS) is 38.2. The van der Waals surface area contributed by atoms with Gasteiger partial charge in [-0.1, -0.05) is 0 Å². The van der Waals surface area contributed by atoms with Crippen LogP contribution in [0.1, 0.15) is 32.1 Å². The zero-order valence-corrected chi connectivity index (χ0v) is 9.93. The van der Waals surface area contributed by atoms with E-state index < -0.39 is 0 Å². The molecule has 0 spiro atoms. The molecule has 0 radical (unpaired) electrons. The maximum Gasteiger partial charge on any atom is 0.225 e. The first kappa shape index (κ1) is 11.9. The van der Waals surface area contributed by atoms with Crippen LogP contribution in [0.4, 0.5) is 0 Å². The summed E-state index contributed by atoms with van der Waals surface area (Å²) in [6.07, 6.45) is 4.33. The molecule has 1 amide bonds. The van der Waals surface area contributed by atoms with Gasteiger partial charge in [-0.25, -0.2) is 0 Å². The van der Waals surface area contributed by atoms with E-state index in [0.29, 0.717) is 5.92 Å². The second kappa shape index (κ2) is 4.72. The van der Waals surface area contributed by atoms with Gasteiger partial charge in [-0.15, -0.1) is 0 Å². The molecule has 2 unspecified atom stereocenters. The molecule has 2 fully saturated rings. The van der Waals surface area contributed by atoms with Crippen molar-refractivity contribution in [2.24, 2.45) is 17.6 Å². The SMILES string of the molecule is CN(CC1CC(O)C1)C(=O)C1CCC(N)C1. The highest BCUT2D eigenvalue weighted by Gasteiger charge is 2.33. The van der Waals surface area contributed by atoms with Gasteiger partial charge in [0, 0.05) is 25.6 Å². The van der Waals surface area contributed by atoms with Crippen LogP contribution in [0, 0.1) is 11.8 Å². The number of hydrogen-bond acceptors (Lipinski definition) is 3. The van der Waals surface area contributed by atoms with E-state index in [9.17, 15) is 9.90 Å². The first-order chi connectivity index (χ1) is 7.56. The van der Waals surface area contributed by atoms with E-state index in [1.165, 1.54) is 0 Å². The van der Waals surface area contributed by atoms with Crippen LogP contribution in [0.15, 0.2) is 0 Å². The van der Waals surface area contributed by atoms with Gasteiger partial charge in [0.1, 0.15) is 0 Å². The van der Waals surface area contributed by atoms with Crippen LogP contribution in [0.2, 0.25) is 0 Å². The summed E-state index contributed by atoms with van der Waals surface area (Å²) in [5.74, 6) is 0.887. The molecule has 2 saturated carbocycles. The van der Waals surface area contributed by atoms with Crippen molar-refractivity contribution >= 4 is 5.91 Å². The Morgan fingerprint density at radius 1 is 1.38 bits per heavy atom. The summed E-state index contributed by atoms with van der Waals surface area (Å²) < 4.78 is 0. The Hall–Kier alpha value is -0.610. The number of carbonyl (C=O) groups excluding carboxylic acids is 1. The summed E-state index contributed by atoms with van der Waals surface area (Å²) in [6.45, 7) is 0.793. The van der Waals surface area contributed by atoms with Gasteiger partial charge in [-0.2, -0.15) is 0 Å². The van der Waals surface area contributed by atoms with Crippen LogP contribution in [0.3, 0.4) is 0 Å². The van der Waals surface area contributed by atoms with Crippen molar-refractivity contribution < 1.29 is 9.90 Å². The second-order valence-corrected chi connectivity index (χ2v) is 5.48. The largest absolute Gasteiger partial charge is 0.393 e. The zero-order chi connectivity index (χ0) is 11.7. The highest BCUT2D eigenvalue weighted by atomic mass is 16.3. The predicted octanol–water partition coefficient (Wildman–Crippen LogP) is 0.343. The minimum absolute atomic E-state index is 0.131. The molecule has 2 rings (SSSR count). The van der Waals surface area contributed by atoms with E-state index in [1.54, 1.807) is 0 Å². The Bertz CT molecular complexity index is 264. The van der Waals surface area contributed by atoms with Crippen molar-refractivity contribution in [3.8, 4) is 0 Å². The molecule has 0 bridgehead atoms. The molecule has 0 aromatic carbocycles. The third-order valence-electron chi connectivity index (χ3n) is 3.94. The average Bonchev–Trinajstić information content (AvgIpc) is 2.61. The van der Waals surface area contributed by atoms with Crippen LogP contribution >= 0.6 is 0 Å². The lowest BCUT2D eigenvalue weighted by molar-refractivity contribution is -0.135. The van der Waals surface area contributed by atoms with Gasteiger partial charge >= 0.3 is 0 Å². The van der Waals surface area contributed by atoms with Crippen LogP contribution in [-0.4, -0.2) is 41.7 Å². The van der Waals surface area contributed by atoms with E-state index in [-0.39, 0.29) is 24.0 Å². The Morgan fingerprint density at radius 2 is 2.06 bits per heavy atom. The van der Waals surface area contributed by atoms with E-state index in [4.69, 9.17) is 5.73 Å². The third kappa shape index (κ3) is 2.55. The molecule has 92 valence electrons. The molecule has 4 nitrogen and oxygen atoms in total. The Kier molecular flexibility index (Phi) is 3.50. The van der Waals surface area contributed by atoms with E-state index in [1.807, 2.05) is 11.9 Å². The maximum absolute atomic E-state index is 12.1. The molecule has 2 atom stereocenters. The van der Waals surface area contributed by atoms with Gasteiger partial charge in [0.15, 0.2) is 0 Å². The Labute approximate surface area is 96.8 Å². The van der Waals surface area contributed by atoms with Crippen molar-refractivity contribution in [3.63, 3.8) is 0 Å². The molecule has 16 heavy (non-hydrogen) atoms. The van der Waals surface area contributed by atoms with Crippen molar-refractivity contribution in [1.29, 1.82) is 0 Å². The number of nitrogens with two attached hydrogens (primary N) is 1. The summed E-state index contributed by atoms with van der Waals surface area (Å²) in [5, 5.41) is 9.20. The van der Waals surface area contributed by atoms with Crippen molar-refractivity contribution in [2.45, 2.75) is 44.2 Å². The second-order valence-electron chi connectivity index (χ2n) is 5.48. The molecule has 2 aliphatic rings. The highest BCUT2D eigenvalue weighted by Crippen LogP contribution is 2.30. The van der Waals surface area contributed by atoms with Crippen LogP contribution in [-0.2, 0) is 4.79 Å². The first-order valence-corrected chi connectivity index (χ1v) is 6.25. The minimum atomic E-state index is -0.131.